The molecule has 1 amide bonds. The second kappa shape index (κ2) is 9.01. The molecule has 164 valence electrons. The van der Waals surface area contributed by atoms with Gasteiger partial charge in [0, 0.05) is 5.56 Å². The minimum atomic E-state index is -0.249. The van der Waals surface area contributed by atoms with Crippen molar-refractivity contribution in [2.45, 2.75) is 31.3 Å². The van der Waals surface area contributed by atoms with E-state index in [9.17, 15) is 4.79 Å². The Balaban J connectivity index is 1.85. The molecular formula is C25H25N3O3S. The number of hydrogen-bond acceptors (Lipinski definition) is 5. The standard InChI is InChI=1S/C25H25N3O3S/c1-6-12-31-20-11-10-18(14-21(20)30-5)23-22-16(3)27-28(19-9-7-8-15(2)13-19)24(22)26-25(29)17(4)32-23/h1,7-11,13-14,17,23H,12H2,2-5H3,(H,26,29). The molecule has 0 saturated carbocycles. The summed E-state index contributed by atoms with van der Waals surface area (Å²) in [7, 11) is 1.60. The van der Waals surface area contributed by atoms with Crippen molar-refractivity contribution in [2.24, 2.45) is 0 Å². The fraction of sp³-hybridized carbons (Fsp3) is 0.280. The minimum absolute atomic E-state index is 0.0477. The quantitative estimate of drug-likeness (QED) is 0.576. The second-order valence-electron chi connectivity index (χ2n) is 7.65. The lowest BCUT2D eigenvalue weighted by Crippen LogP contribution is -2.22. The molecule has 0 spiro atoms. The Morgan fingerprint density at radius 1 is 1.22 bits per heavy atom. The van der Waals surface area contributed by atoms with Crippen LogP contribution in [0.4, 0.5) is 5.82 Å². The van der Waals surface area contributed by atoms with Gasteiger partial charge in [-0.2, -0.15) is 5.10 Å². The van der Waals surface area contributed by atoms with E-state index in [4.69, 9.17) is 21.0 Å². The average molecular weight is 448 g/mol. The van der Waals surface area contributed by atoms with E-state index in [0.717, 1.165) is 28.1 Å². The number of fused-ring (bicyclic) bond motifs is 1. The molecule has 3 aromatic rings. The number of anilines is 1. The lowest BCUT2D eigenvalue weighted by Gasteiger charge is -2.19. The van der Waals surface area contributed by atoms with Gasteiger partial charge in [-0.25, -0.2) is 4.68 Å². The number of rotatable bonds is 5. The first-order chi connectivity index (χ1) is 15.4. The van der Waals surface area contributed by atoms with Crippen molar-refractivity contribution in [3.63, 3.8) is 0 Å². The largest absolute Gasteiger partial charge is 0.493 e. The van der Waals surface area contributed by atoms with E-state index in [-0.39, 0.29) is 23.0 Å². The fourth-order valence-electron chi connectivity index (χ4n) is 3.80. The maximum atomic E-state index is 12.9. The summed E-state index contributed by atoms with van der Waals surface area (Å²) < 4.78 is 13.0. The van der Waals surface area contributed by atoms with Gasteiger partial charge in [-0.1, -0.05) is 24.1 Å². The molecule has 0 radical (unpaired) electrons. The van der Waals surface area contributed by atoms with Gasteiger partial charge >= 0.3 is 0 Å². The van der Waals surface area contributed by atoms with E-state index in [1.807, 2.05) is 61.9 Å². The van der Waals surface area contributed by atoms with E-state index in [1.165, 1.54) is 0 Å². The number of hydrogen-bond donors (Lipinski definition) is 1. The van der Waals surface area contributed by atoms with E-state index >= 15 is 0 Å². The van der Waals surface area contributed by atoms with Gasteiger partial charge in [0.25, 0.3) is 0 Å². The van der Waals surface area contributed by atoms with Crippen LogP contribution in [-0.4, -0.2) is 34.7 Å². The molecule has 32 heavy (non-hydrogen) atoms. The van der Waals surface area contributed by atoms with Crippen molar-refractivity contribution in [1.29, 1.82) is 0 Å². The van der Waals surface area contributed by atoms with E-state index in [0.29, 0.717) is 17.3 Å². The number of carbonyl (C=O) groups excluding carboxylic acids is 1. The van der Waals surface area contributed by atoms with Gasteiger partial charge in [-0.15, -0.1) is 18.2 Å². The van der Waals surface area contributed by atoms with Crippen LogP contribution >= 0.6 is 11.8 Å². The number of carbonyl (C=O) groups is 1. The predicted molar refractivity (Wildman–Crippen MR) is 128 cm³/mol. The van der Waals surface area contributed by atoms with E-state index in [1.54, 1.807) is 18.9 Å². The Hall–Kier alpha value is -3.37. The molecule has 2 unspecified atom stereocenters. The van der Waals surface area contributed by atoms with Gasteiger partial charge < -0.3 is 14.8 Å². The third-order valence-electron chi connectivity index (χ3n) is 5.37. The molecule has 2 aromatic carbocycles. The zero-order valence-electron chi connectivity index (χ0n) is 18.5. The van der Waals surface area contributed by atoms with Gasteiger partial charge in [0.05, 0.1) is 29.0 Å². The number of nitrogens with zero attached hydrogens (tertiary/aromatic N) is 2. The molecule has 0 aliphatic carbocycles. The summed E-state index contributed by atoms with van der Waals surface area (Å²) >= 11 is 1.59. The summed E-state index contributed by atoms with van der Waals surface area (Å²) in [4.78, 5) is 12.9. The summed E-state index contributed by atoms with van der Waals surface area (Å²) in [5, 5.41) is 7.53. The first-order valence-electron chi connectivity index (χ1n) is 10.3. The number of terminal acetylenes is 1. The Morgan fingerprint density at radius 2 is 2.03 bits per heavy atom. The third-order valence-corrected chi connectivity index (χ3v) is 6.77. The lowest BCUT2D eigenvalue weighted by atomic mass is 10.0. The molecule has 1 aromatic heterocycles. The van der Waals surface area contributed by atoms with Crippen molar-refractivity contribution in [3.8, 4) is 29.5 Å². The van der Waals surface area contributed by atoms with Crippen LogP contribution in [0, 0.1) is 26.2 Å². The van der Waals surface area contributed by atoms with Crippen LogP contribution in [0.2, 0.25) is 0 Å². The maximum absolute atomic E-state index is 12.9. The Labute approximate surface area is 192 Å². The molecule has 7 heteroatoms. The molecule has 1 aliphatic heterocycles. The Kier molecular flexibility index (Phi) is 6.15. The molecule has 0 saturated heterocycles. The van der Waals surface area contributed by atoms with Gasteiger partial charge in [0.1, 0.15) is 12.4 Å². The fourth-order valence-corrected chi connectivity index (χ4v) is 5.12. The molecule has 1 N–H and O–H groups in total. The summed E-state index contributed by atoms with van der Waals surface area (Å²) in [5.41, 5.74) is 4.87. The van der Waals surface area contributed by atoms with Crippen molar-refractivity contribution < 1.29 is 14.3 Å². The van der Waals surface area contributed by atoms with Crippen LogP contribution in [0.3, 0.4) is 0 Å². The molecular weight excluding hydrogens is 422 g/mol. The molecule has 6 nitrogen and oxygen atoms in total. The van der Waals surface area contributed by atoms with E-state index < -0.39 is 0 Å². The number of nitrogens with one attached hydrogen (secondary N) is 1. The predicted octanol–water partition coefficient (Wildman–Crippen LogP) is 4.67. The zero-order chi connectivity index (χ0) is 22.8. The SMILES string of the molecule is C#CCOc1ccc(C2SC(C)C(=O)Nc3c2c(C)nn3-c2cccc(C)c2)cc1OC. The van der Waals surface area contributed by atoms with Gasteiger partial charge in [-0.3, -0.25) is 4.79 Å². The van der Waals surface area contributed by atoms with Crippen molar-refractivity contribution >= 4 is 23.5 Å². The van der Waals surface area contributed by atoms with Crippen LogP contribution < -0.4 is 14.8 Å². The van der Waals surface area contributed by atoms with Gasteiger partial charge in [-0.05, 0) is 56.2 Å². The van der Waals surface area contributed by atoms with Gasteiger partial charge in [0.2, 0.25) is 5.91 Å². The topological polar surface area (TPSA) is 65.4 Å². The summed E-state index contributed by atoms with van der Waals surface area (Å²) in [6.07, 6.45) is 5.32. The molecule has 0 bridgehead atoms. The van der Waals surface area contributed by atoms with Crippen LogP contribution in [0.15, 0.2) is 42.5 Å². The number of ether oxygens (including phenoxy) is 2. The van der Waals surface area contributed by atoms with Gasteiger partial charge in [0.15, 0.2) is 11.5 Å². The zero-order valence-corrected chi connectivity index (χ0v) is 19.3. The molecule has 2 heterocycles. The van der Waals surface area contributed by atoms with Crippen molar-refractivity contribution in [2.75, 3.05) is 19.0 Å². The van der Waals surface area contributed by atoms with E-state index in [2.05, 4.69) is 17.3 Å². The smallest absolute Gasteiger partial charge is 0.238 e. The van der Waals surface area contributed by atoms with Crippen LogP contribution in [0.5, 0.6) is 11.5 Å². The maximum Gasteiger partial charge on any atom is 0.238 e. The lowest BCUT2D eigenvalue weighted by molar-refractivity contribution is -0.115. The highest BCUT2D eigenvalue weighted by molar-refractivity contribution is 8.01. The molecule has 2 atom stereocenters. The first kappa shape index (κ1) is 21.8. The van der Waals surface area contributed by atoms with Crippen LogP contribution in [-0.2, 0) is 4.79 Å². The first-order valence-corrected chi connectivity index (χ1v) is 11.2. The summed E-state index contributed by atoms with van der Waals surface area (Å²) in [6, 6.07) is 13.9. The highest BCUT2D eigenvalue weighted by atomic mass is 32.2. The monoisotopic (exact) mass is 447 g/mol. The highest BCUT2D eigenvalue weighted by Crippen LogP contribution is 2.47. The van der Waals surface area contributed by atoms with Crippen LogP contribution in [0.25, 0.3) is 5.69 Å². The van der Waals surface area contributed by atoms with Crippen molar-refractivity contribution in [3.05, 3.63) is 64.8 Å². The second-order valence-corrected chi connectivity index (χ2v) is 9.10. The average Bonchev–Trinajstić information content (AvgIpc) is 3.03. The molecule has 1 aliphatic rings. The number of benzene rings is 2. The Morgan fingerprint density at radius 3 is 2.75 bits per heavy atom. The summed E-state index contributed by atoms with van der Waals surface area (Å²) in [6.45, 7) is 6.09. The molecule has 4 rings (SSSR count). The number of amides is 1. The number of aryl methyl sites for hydroxylation is 2. The normalized spacial score (nSPS) is 17.7. The number of thioether (sulfide) groups is 1. The Bertz CT molecular complexity index is 1210. The molecule has 0 fully saturated rings. The van der Waals surface area contributed by atoms with Crippen LogP contribution in [0.1, 0.15) is 34.6 Å². The highest BCUT2D eigenvalue weighted by Gasteiger charge is 2.34. The summed E-state index contributed by atoms with van der Waals surface area (Å²) in [5.74, 6) is 4.30. The number of methoxy groups -OCH3 is 1. The minimum Gasteiger partial charge on any atom is -0.493 e. The third kappa shape index (κ3) is 4.06. The number of aromatic nitrogens is 2. The van der Waals surface area contributed by atoms with Crippen molar-refractivity contribution in [1.82, 2.24) is 9.78 Å².